The number of nitrogens with zero attached hydrogens (tertiary/aromatic N) is 4. The Bertz CT molecular complexity index is 766. The van der Waals surface area contributed by atoms with Crippen LogP contribution in [0.2, 0.25) is 5.02 Å². The maximum absolute atomic E-state index is 12.3. The van der Waals surface area contributed by atoms with Crippen LogP contribution in [0, 0.1) is 17.2 Å². The number of pyridine rings is 2. The number of hydrogen-bond donors (Lipinski definition) is 1. The fraction of sp³-hybridized carbons (Fsp3) is 0.294. The van der Waals surface area contributed by atoms with Crippen molar-refractivity contribution in [3.8, 4) is 6.07 Å². The first-order valence-electron chi connectivity index (χ1n) is 7.70. The smallest absolute Gasteiger partial charge is 0.228 e. The molecular weight excluding hydrogens is 326 g/mol. The predicted molar refractivity (Wildman–Crippen MR) is 91.8 cm³/mol. The van der Waals surface area contributed by atoms with Crippen LogP contribution in [0.4, 0.5) is 11.6 Å². The van der Waals surface area contributed by atoms with Crippen molar-refractivity contribution in [1.29, 1.82) is 5.26 Å². The largest absolute Gasteiger partial charge is 0.355 e. The lowest BCUT2D eigenvalue weighted by molar-refractivity contribution is -0.120. The van der Waals surface area contributed by atoms with Crippen molar-refractivity contribution in [3.05, 3.63) is 47.2 Å². The summed E-state index contributed by atoms with van der Waals surface area (Å²) in [6, 6.07) is 9.05. The van der Waals surface area contributed by atoms with E-state index >= 15 is 0 Å². The van der Waals surface area contributed by atoms with E-state index in [-0.39, 0.29) is 11.8 Å². The van der Waals surface area contributed by atoms with Gasteiger partial charge < -0.3 is 10.2 Å². The molecule has 0 aromatic carbocycles. The van der Waals surface area contributed by atoms with E-state index in [0.29, 0.717) is 35.3 Å². The van der Waals surface area contributed by atoms with E-state index < -0.39 is 0 Å². The number of nitriles is 1. The fourth-order valence-electron chi connectivity index (χ4n) is 2.74. The third-order valence-electron chi connectivity index (χ3n) is 4.03. The van der Waals surface area contributed by atoms with Crippen molar-refractivity contribution in [2.24, 2.45) is 5.92 Å². The number of piperidine rings is 1. The van der Waals surface area contributed by atoms with Gasteiger partial charge in [0.05, 0.1) is 10.6 Å². The second-order valence-electron chi connectivity index (χ2n) is 5.61. The van der Waals surface area contributed by atoms with Crippen LogP contribution in [0.5, 0.6) is 0 Å². The van der Waals surface area contributed by atoms with Gasteiger partial charge in [-0.2, -0.15) is 5.26 Å². The summed E-state index contributed by atoms with van der Waals surface area (Å²) in [5, 5.41) is 12.2. The molecule has 0 bridgehead atoms. The number of rotatable bonds is 3. The predicted octanol–water partition coefficient (Wildman–Crippen LogP) is 2.86. The Morgan fingerprint density at radius 3 is 2.75 bits per heavy atom. The van der Waals surface area contributed by atoms with Crippen molar-refractivity contribution in [2.75, 3.05) is 23.3 Å². The molecule has 7 heteroatoms. The molecular formula is C17H16ClN5O. The van der Waals surface area contributed by atoms with E-state index in [0.717, 1.165) is 12.8 Å². The Hall–Kier alpha value is -2.65. The highest BCUT2D eigenvalue weighted by Gasteiger charge is 2.26. The number of halogens is 1. The van der Waals surface area contributed by atoms with Crippen LogP contribution in [0.1, 0.15) is 18.4 Å². The molecule has 2 aromatic rings. The number of carbonyl (C=O) groups is 1. The highest BCUT2D eigenvalue weighted by Crippen LogP contribution is 2.28. The van der Waals surface area contributed by atoms with E-state index in [1.165, 1.54) is 6.20 Å². The third-order valence-corrected chi connectivity index (χ3v) is 4.31. The molecule has 1 N–H and O–H groups in total. The van der Waals surface area contributed by atoms with Gasteiger partial charge >= 0.3 is 0 Å². The molecule has 0 spiro atoms. The molecule has 0 aliphatic carbocycles. The fourth-order valence-corrected chi connectivity index (χ4v) is 3.03. The first kappa shape index (κ1) is 16.2. The summed E-state index contributed by atoms with van der Waals surface area (Å²) in [6.07, 6.45) is 4.60. The quantitative estimate of drug-likeness (QED) is 0.928. The van der Waals surface area contributed by atoms with Crippen LogP contribution in [0.3, 0.4) is 0 Å². The van der Waals surface area contributed by atoms with Crippen LogP contribution in [0.25, 0.3) is 0 Å². The molecule has 2 aromatic heterocycles. The molecule has 3 heterocycles. The van der Waals surface area contributed by atoms with Crippen LogP contribution in [-0.2, 0) is 4.79 Å². The Balaban J connectivity index is 1.60. The van der Waals surface area contributed by atoms with Crippen molar-refractivity contribution in [1.82, 2.24) is 9.97 Å². The lowest BCUT2D eigenvalue weighted by Crippen LogP contribution is -2.38. The van der Waals surface area contributed by atoms with Gasteiger partial charge in [0.1, 0.15) is 17.7 Å². The van der Waals surface area contributed by atoms with Crippen LogP contribution < -0.4 is 10.2 Å². The summed E-state index contributed by atoms with van der Waals surface area (Å²) in [7, 11) is 0. The lowest BCUT2D eigenvalue weighted by Gasteiger charge is -2.32. The highest BCUT2D eigenvalue weighted by atomic mass is 35.5. The molecule has 0 saturated carbocycles. The zero-order chi connectivity index (χ0) is 16.9. The van der Waals surface area contributed by atoms with Crippen molar-refractivity contribution >= 4 is 29.1 Å². The minimum atomic E-state index is -0.0552. The molecule has 0 atom stereocenters. The molecule has 1 fully saturated rings. The lowest BCUT2D eigenvalue weighted by atomic mass is 9.96. The van der Waals surface area contributed by atoms with E-state index in [1.807, 2.05) is 23.1 Å². The molecule has 0 unspecified atom stereocenters. The highest BCUT2D eigenvalue weighted by molar-refractivity contribution is 6.33. The van der Waals surface area contributed by atoms with E-state index in [4.69, 9.17) is 16.9 Å². The third kappa shape index (κ3) is 3.63. The van der Waals surface area contributed by atoms with Gasteiger partial charge in [-0.15, -0.1) is 0 Å². The van der Waals surface area contributed by atoms with Crippen molar-refractivity contribution in [2.45, 2.75) is 12.8 Å². The maximum Gasteiger partial charge on any atom is 0.228 e. The Labute approximate surface area is 145 Å². The van der Waals surface area contributed by atoms with E-state index in [1.54, 1.807) is 18.3 Å². The number of carbonyl (C=O) groups excluding carboxylic acids is 1. The minimum Gasteiger partial charge on any atom is -0.355 e. The second kappa shape index (κ2) is 7.28. The molecule has 0 radical (unpaired) electrons. The summed E-state index contributed by atoms with van der Waals surface area (Å²) in [6.45, 7) is 1.39. The van der Waals surface area contributed by atoms with Gasteiger partial charge in [0, 0.05) is 31.4 Å². The van der Waals surface area contributed by atoms with Crippen LogP contribution in [0.15, 0.2) is 36.7 Å². The van der Waals surface area contributed by atoms with Gasteiger partial charge in [0.2, 0.25) is 5.91 Å². The maximum atomic E-state index is 12.3. The Morgan fingerprint density at radius 2 is 2.12 bits per heavy atom. The van der Waals surface area contributed by atoms with Crippen molar-refractivity contribution in [3.63, 3.8) is 0 Å². The van der Waals surface area contributed by atoms with Gasteiger partial charge in [0.15, 0.2) is 0 Å². The number of amides is 1. The number of nitrogens with one attached hydrogen (secondary N) is 1. The van der Waals surface area contributed by atoms with E-state index in [9.17, 15) is 4.79 Å². The summed E-state index contributed by atoms with van der Waals surface area (Å²) >= 11 is 6.20. The average Bonchev–Trinajstić information content (AvgIpc) is 2.62. The molecule has 1 aliphatic rings. The number of hydrogen-bond acceptors (Lipinski definition) is 5. The van der Waals surface area contributed by atoms with Crippen LogP contribution in [-0.4, -0.2) is 29.0 Å². The first-order valence-corrected chi connectivity index (χ1v) is 8.07. The van der Waals surface area contributed by atoms with Gasteiger partial charge in [-0.1, -0.05) is 17.7 Å². The van der Waals surface area contributed by atoms with Gasteiger partial charge in [0.25, 0.3) is 0 Å². The summed E-state index contributed by atoms with van der Waals surface area (Å²) in [4.78, 5) is 22.7. The van der Waals surface area contributed by atoms with Crippen LogP contribution >= 0.6 is 11.6 Å². The molecule has 1 aliphatic heterocycles. The van der Waals surface area contributed by atoms with Gasteiger partial charge in [-0.25, -0.2) is 9.97 Å². The molecule has 1 amide bonds. The van der Waals surface area contributed by atoms with Crippen molar-refractivity contribution < 1.29 is 4.79 Å². The minimum absolute atomic E-state index is 0.00719. The summed E-state index contributed by atoms with van der Waals surface area (Å²) < 4.78 is 0. The second-order valence-corrected chi connectivity index (χ2v) is 6.01. The molecule has 3 rings (SSSR count). The zero-order valence-electron chi connectivity index (χ0n) is 12.9. The standard InChI is InChI=1S/C17H16ClN5O/c18-14-9-12(10-19)11-21-16(14)23-7-4-13(5-8-23)17(24)22-15-3-1-2-6-20-15/h1-3,6,9,11,13H,4-5,7-8H2,(H,20,22,24). The molecule has 122 valence electrons. The summed E-state index contributed by atoms with van der Waals surface area (Å²) in [5.74, 6) is 1.17. The van der Waals surface area contributed by atoms with Gasteiger partial charge in [-0.3, -0.25) is 4.79 Å². The molecule has 1 saturated heterocycles. The SMILES string of the molecule is N#Cc1cnc(N2CCC(C(=O)Nc3ccccn3)CC2)c(Cl)c1. The molecule has 6 nitrogen and oxygen atoms in total. The number of aromatic nitrogens is 2. The molecule has 24 heavy (non-hydrogen) atoms. The Morgan fingerprint density at radius 1 is 1.33 bits per heavy atom. The average molecular weight is 342 g/mol. The zero-order valence-corrected chi connectivity index (χ0v) is 13.7. The Kier molecular flexibility index (Phi) is 4.92. The normalized spacial score (nSPS) is 14.9. The topological polar surface area (TPSA) is 81.9 Å². The summed E-state index contributed by atoms with van der Waals surface area (Å²) in [5.41, 5.74) is 0.438. The van der Waals surface area contributed by atoms with E-state index in [2.05, 4.69) is 15.3 Å². The monoisotopic (exact) mass is 341 g/mol. The first-order chi connectivity index (χ1) is 11.7. The van der Waals surface area contributed by atoms with Gasteiger partial charge in [-0.05, 0) is 31.0 Å². The number of anilines is 2.